The van der Waals surface area contributed by atoms with Crippen molar-refractivity contribution in [3.63, 3.8) is 0 Å². The number of fused-ring (bicyclic) bond motifs is 5. The molecule has 4 nitrogen and oxygen atoms in total. The van der Waals surface area contributed by atoms with E-state index in [0.29, 0.717) is 6.42 Å². The number of rotatable bonds is 1. The number of hydrogen-bond acceptors (Lipinski definition) is 4. The van der Waals surface area contributed by atoms with Gasteiger partial charge in [-0.15, -0.1) is 0 Å². The molecule has 0 amide bonds. The Kier molecular flexibility index (Phi) is 3.52. The van der Waals surface area contributed by atoms with Crippen LogP contribution in [0.25, 0.3) is 5.57 Å². The average Bonchev–Trinajstić information content (AvgIpc) is 2.59. The standard InChI is InChI=1S/C20H22O4S/c1-12-10-18(21)20(2)17-8-4-13-11-14(24-3)5-6-15(13)16(17)7-9-19(20)25(12,22)23/h5-7,10-11,17,19H,4,8-9H2,1-3H3/t17-,19-,20-/m0/s1. The molecule has 1 aromatic carbocycles. The molecule has 0 bridgehead atoms. The van der Waals surface area contributed by atoms with Gasteiger partial charge in [0, 0.05) is 4.91 Å². The first kappa shape index (κ1) is 16.6. The third-order valence-corrected chi connectivity index (χ3v) is 8.78. The predicted octanol–water partition coefficient (Wildman–Crippen LogP) is 3.32. The van der Waals surface area contributed by atoms with Crippen LogP contribution in [-0.4, -0.2) is 26.6 Å². The highest BCUT2D eigenvalue weighted by molar-refractivity contribution is 7.96. The van der Waals surface area contributed by atoms with Crippen molar-refractivity contribution in [3.05, 3.63) is 46.4 Å². The molecule has 0 spiro atoms. The van der Waals surface area contributed by atoms with E-state index in [1.54, 1.807) is 7.11 Å². The van der Waals surface area contributed by atoms with Crippen LogP contribution >= 0.6 is 0 Å². The number of carbonyl (C=O) groups is 1. The van der Waals surface area contributed by atoms with Crippen LogP contribution in [0.2, 0.25) is 0 Å². The number of allylic oxidation sites excluding steroid dienone is 4. The predicted molar refractivity (Wildman–Crippen MR) is 97.0 cm³/mol. The Morgan fingerprint density at radius 1 is 1.28 bits per heavy atom. The van der Waals surface area contributed by atoms with Gasteiger partial charge in [0.25, 0.3) is 0 Å². The zero-order valence-electron chi connectivity index (χ0n) is 14.7. The van der Waals surface area contributed by atoms with E-state index in [9.17, 15) is 13.2 Å². The SMILES string of the molecule is COc1ccc2c(c1)CC[C@H]1C2=CC[C@H]2[C@]1(C)C(=O)C=C(C)S2(=O)=O. The molecule has 2 aliphatic carbocycles. The molecule has 3 atom stereocenters. The van der Waals surface area contributed by atoms with Gasteiger partial charge in [-0.3, -0.25) is 4.79 Å². The minimum Gasteiger partial charge on any atom is -0.497 e. The van der Waals surface area contributed by atoms with Crippen molar-refractivity contribution >= 4 is 21.2 Å². The molecule has 4 rings (SSSR count). The van der Waals surface area contributed by atoms with Crippen LogP contribution in [0.5, 0.6) is 5.75 Å². The van der Waals surface area contributed by atoms with Gasteiger partial charge in [-0.2, -0.15) is 0 Å². The van der Waals surface area contributed by atoms with Crippen molar-refractivity contribution in [1.29, 1.82) is 0 Å². The topological polar surface area (TPSA) is 60.4 Å². The Balaban J connectivity index is 1.87. The Morgan fingerprint density at radius 3 is 2.76 bits per heavy atom. The van der Waals surface area contributed by atoms with Crippen LogP contribution in [-0.2, 0) is 21.1 Å². The van der Waals surface area contributed by atoms with E-state index in [1.165, 1.54) is 18.6 Å². The normalized spacial score (nSPS) is 32.7. The summed E-state index contributed by atoms with van der Waals surface area (Å²) in [6.07, 6.45) is 5.40. The van der Waals surface area contributed by atoms with Gasteiger partial charge in [-0.25, -0.2) is 8.42 Å². The number of sulfone groups is 1. The quantitative estimate of drug-likeness (QED) is 0.773. The van der Waals surface area contributed by atoms with Gasteiger partial charge in [0.15, 0.2) is 15.6 Å². The van der Waals surface area contributed by atoms with Gasteiger partial charge in [0.2, 0.25) is 0 Å². The van der Waals surface area contributed by atoms with Crippen LogP contribution in [0.4, 0.5) is 0 Å². The summed E-state index contributed by atoms with van der Waals surface area (Å²) in [5.41, 5.74) is 2.59. The first-order valence-electron chi connectivity index (χ1n) is 8.64. The fourth-order valence-corrected chi connectivity index (χ4v) is 6.83. The molecule has 1 heterocycles. The minimum atomic E-state index is -3.42. The van der Waals surface area contributed by atoms with Crippen LogP contribution in [0.15, 0.2) is 35.3 Å². The second kappa shape index (κ2) is 5.31. The summed E-state index contributed by atoms with van der Waals surface area (Å²) in [6.45, 7) is 3.39. The second-order valence-corrected chi connectivity index (χ2v) is 9.75. The van der Waals surface area contributed by atoms with Crippen molar-refractivity contribution in [3.8, 4) is 5.75 Å². The van der Waals surface area contributed by atoms with Crippen molar-refractivity contribution in [2.75, 3.05) is 7.11 Å². The van der Waals surface area contributed by atoms with Crippen LogP contribution in [0.1, 0.15) is 37.8 Å². The third kappa shape index (κ3) is 2.11. The Labute approximate surface area is 148 Å². The molecule has 0 saturated carbocycles. The molecular weight excluding hydrogens is 336 g/mol. The number of benzene rings is 1. The van der Waals surface area contributed by atoms with Gasteiger partial charge in [-0.1, -0.05) is 19.1 Å². The van der Waals surface area contributed by atoms with E-state index in [-0.39, 0.29) is 16.6 Å². The summed E-state index contributed by atoms with van der Waals surface area (Å²) in [5, 5.41) is -0.647. The van der Waals surface area contributed by atoms with Gasteiger partial charge in [0.05, 0.1) is 17.8 Å². The zero-order chi connectivity index (χ0) is 18.0. The maximum atomic E-state index is 12.9. The number of methoxy groups -OCH3 is 1. The van der Waals surface area contributed by atoms with Crippen molar-refractivity contribution in [2.24, 2.45) is 11.3 Å². The van der Waals surface area contributed by atoms with E-state index >= 15 is 0 Å². The summed E-state index contributed by atoms with van der Waals surface area (Å²) >= 11 is 0. The Hall–Kier alpha value is -1.88. The summed E-state index contributed by atoms with van der Waals surface area (Å²) in [6, 6.07) is 6.02. The highest BCUT2D eigenvalue weighted by atomic mass is 32.2. The number of carbonyl (C=O) groups excluding carboxylic acids is 1. The maximum absolute atomic E-state index is 12.9. The lowest BCUT2D eigenvalue weighted by Crippen LogP contribution is -2.54. The molecule has 3 aliphatic rings. The molecule has 0 saturated heterocycles. The summed E-state index contributed by atoms with van der Waals surface area (Å²) < 4.78 is 31.0. The lowest BCUT2D eigenvalue weighted by atomic mass is 9.59. The van der Waals surface area contributed by atoms with Gasteiger partial charge in [0.1, 0.15) is 5.75 Å². The molecule has 0 fully saturated rings. The van der Waals surface area contributed by atoms with E-state index in [0.717, 1.165) is 29.7 Å². The van der Waals surface area contributed by atoms with E-state index in [2.05, 4.69) is 0 Å². The minimum absolute atomic E-state index is 0.0441. The Morgan fingerprint density at radius 2 is 2.04 bits per heavy atom. The van der Waals surface area contributed by atoms with Gasteiger partial charge >= 0.3 is 0 Å². The van der Waals surface area contributed by atoms with E-state index in [4.69, 9.17) is 4.74 Å². The van der Waals surface area contributed by atoms with E-state index < -0.39 is 20.5 Å². The third-order valence-electron chi connectivity index (χ3n) is 6.33. The number of ketones is 1. The average molecular weight is 358 g/mol. The lowest BCUT2D eigenvalue weighted by molar-refractivity contribution is -0.125. The second-order valence-electron chi connectivity index (χ2n) is 7.45. The fourth-order valence-electron chi connectivity index (χ4n) is 4.83. The fraction of sp³-hybridized carbons (Fsp3) is 0.450. The molecule has 0 unspecified atom stereocenters. The van der Waals surface area contributed by atoms with Gasteiger partial charge in [-0.05, 0) is 67.0 Å². The highest BCUT2D eigenvalue weighted by Gasteiger charge is 2.57. The first-order valence-corrected chi connectivity index (χ1v) is 10.2. The molecule has 1 aromatic rings. The monoisotopic (exact) mass is 358 g/mol. The largest absolute Gasteiger partial charge is 0.497 e. The van der Waals surface area contributed by atoms with Crippen molar-refractivity contribution in [1.82, 2.24) is 0 Å². The van der Waals surface area contributed by atoms with Crippen molar-refractivity contribution in [2.45, 2.75) is 38.4 Å². The van der Waals surface area contributed by atoms with Gasteiger partial charge < -0.3 is 4.74 Å². The van der Waals surface area contributed by atoms with Crippen LogP contribution < -0.4 is 4.74 Å². The molecule has 25 heavy (non-hydrogen) atoms. The van der Waals surface area contributed by atoms with E-state index in [1.807, 2.05) is 31.2 Å². The Bertz CT molecular complexity index is 938. The zero-order valence-corrected chi connectivity index (χ0v) is 15.5. The summed E-state index contributed by atoms with van der Waals surface area (Å²) in [5.74, 6) is 0.726. The molecule has 0 radical (unpaired) electrons. The number of aryl methyl sites for hydroxylation is 1. The molecule has 1 aliphatic heterocycles. The number of ether oxygens (including phenoxy) is 1. The smallest absolute Gasteiger partial charge is 0.178 e. The summed E-state index contributed by atoms with van der Waals surface area (Å²) in [7, 11) is -1.76. The maximum Gasteiger partial charge on any atom is 0.178 e. The highest BCUT2D eigenvalue weighted by Crippen LogP contribution is 2.55. The number of hydrogen-bond donors (Lipinski definition) is 0. The molecule has 0 N–H and O–H groups in total. The van der Waals surface area contributed by atoms with Crippen LogP contribution in [0, 0.1) is 11.3 Å². The molecule has 5 heteroatoms. The van der Waals surface area contributed by atoms with Crippen LogP contribution in [0.3, 0.4) is 0 Å². The molecule has 132 valence electrons. The first-order chi connectivity index (χ1) is 11.8. The summed E-state index contributed by atoms with van der Waals surface area (Å²) in [4.78, 5) is 13.1. The lowest BCUT2D eigenvalue weighted by Gasteiger charge is -2.49. The molecular formula is C20H22O4S. The molecule has 0 aromatic heterocycles. The van der Waals surface area contributed by atoms with Crippen molar-refractivity contribution < 1.29 is 17.9 Å².